The van der Waals surface area contributed by atoms with Crippen molar-refractivity contribution in [1.82, 2.24) is 10.2 Å². The molecule has 122 valence electrons. The highest BCUT2D eigenvalue weighted by atomic mass is 16.5. The monoisotopic (exact) mass is 304 g/mol. The van der Waals surface area contributed by atoms with Crippen molar-refractivity contribution in [3.05, 3.63) is 34.9 Å². The van der Waals surface area contributed by atoms with E-state index in [4.69, 9.17) is 4.74 Å². The predicted octanol–water partition coefficient (Wildman–Crippen LogP) is 2.39. The minimum atomic E-state index is 0.0549. The number of piperidine rings is 1. The van der Waals surface area contributed by atoms with Crippen LogP contribution >= 0.6 is 0 Å². The SMILES string of the molecule is COCCN1CCC(CNC(=O)c2ccc(C)cc2C)CC1. The molecule has 0 aromatic heterocycles. The molecule has 0 bridgehead atoms. The van der Waals surface area contributed by atoms with Crippen molar-refractivity contribution < 1.29 is 9.53 Å². The van der Waals surface area contributed by atoms with Crippen molar-refractivity contribution in [3.8, 4) is 0 Å². The summed E-state index contributed by atoms with van der Waals surface area (Å²) < 4.78 is 5.12. The number of hydrogen-bond acceptors (Lipinski definition) is 3. The third-order valence-electron chi connectivity index (χ3n) is 4.50. The van der Waals surface area contributed by atoms with Gasteiger partial charge in [0.2, 0.25) is 0 Å². The van der Waals surface area contributed by atoms with Gasteiger partial charge in [-0.25, -0.2) is 0 Å². The Balaban J connectivity index is 1.75. The van der Waals surface area contributed by atoms with Crippen molar-refractivity contribution in [3.63, 3.8) is 0 Å². The Kier molecular flexibility index (Phi) is 6.40. The number of methoxy groups -OCH3 is 1. The molecule has 1 aromatic rings. The van der Waals surface area contributed by atoms with Gasteiger partial charge in [0.05, 0.1) is 6.61 Å². The minimum absolute atomic E-state index is 0.0549. The van der Waals surface area contributed by atoms with Crippen molar-refractivity contribution in [1.29, 1.82) is 0 Å². The van der Waals surface area contributed by atoms with Crippen LogP contribution in [0.5, 0.6) is 0 Å². The van der Waals surface area contributed by atoms with Crippen molar-refractivity contribution in [2.24, 2.45) is 5.92 Å². The van der Waals surface area contributed by atoms with Crippen LogP contribution in [0.3, 0.4) is 0 Å². The van der Waals surface area contributed by atoms with E-state index in [1.807, 2.05) is 26.0 Å². The first-order valence-corrected chi connectivity index (χ1v) is 8.17. The lowest BCUT2D eigenvalue weighted by Gasteiger charge is -2.31. The first-order valence-electron chi connectivity index (χ1n) is 8.17. The Morgan fingerprint density at radius 1 is 1.32 bits per heavy atom. The van der Waals surface area contributed by atoms with Crippen molar-refractivity contribution in [2.45, 2.75) is 26.7 Å². The molecule has 1 aromatic carbocycles. The van der Waals surface area contributed by atoms with Gasteiger partial charge in [-0.1, -0.05) is 17.7 Å². The van der Waals surface area contributed by atoms with Gasteiger partial charge in [-0.05, 0) is 57.3 Å². The average Bonchev–Trinajstić information content (AvgIpc) is 2.51. The number of hydrogen-bond donors (Lipinski definition) is 1. The number of nitrogens with one attached hydrogen (secondary N) is 1. The van der Waals surface area contributed by atoms with Gasteiger partial charge in [0.15, 0.2) is 0 Å². The molecule has 0 atom stereocenters. The van der Waals surface area contributed by atoms with E-state index in [1.54, 1.807) is 7.11 Å². The summed E-state index contributed by atoms with van der Waals surface area (Å²) in [7, 11) is 1.75. The molecule has 1 saturated heterocycles. The van der Waals surface area contributed by atoms with Gasteiger partial charge in [-0.3, -0.25) is 4.79 Å². The zero-order valence-corrected chi connectivity index (χ0v) is 14.0. The van der Waals surface area contributed by atoms with Crippen LogP contribution in [0.4, 0.5) is 0 Å². The molecule has 0 unspecified atom stereocenters. The van der Waals surface area contributed by atoms with Gasteiger partial charge in [-0.2, -0.15) is 0 Å². The molecule has 4 heteroatoms. The second-order valence-corrected chi connectivity index (χ2v) is 6.31. The van der Waals surface area contributed by atoms with E-state index in [9.17, 15) is 4.79 Å². The molecule has 2 rings (SSSR count). The van der Waals surface area contributed by atoms with Crippen LogP contribution in [0.2, 0.25) is 0 Å². The normalized spacial score (nSPS) is 16.7. The van der Waals surface area contributed by atoms with Crippen LogP contribution in [0.1, 0.15) is 34.3 Å². The predicted molar refractivity (Wildman–Crippen MR) is 89.3 cm³/mol. The Hall–Kier alpha value is -1.39. The van der Waals surface area contributed by atoms with Gasteiger partial charge in [-0.15, -0.1) is 0 Å². The molecule has 1 fully saturated rings. The highest BCUT2D eigenvalue weighted by molar-refractivity contribution is 5.95. The van der Waals surface area contributed by atoms with Crippen LogP contribution in [0.25, 0.3) is 0 Å². The number of benzene rings is 1. The molecule has 1 amide bonds. The minimum Gasteiger partial charge on any atom is -0.383 e. The lowest BCUT2D eigenvalue weighted by atomic mass is 9.96. The summed E-state index contributed by atoms with van der Waals surface area (Å²) >= 11 is 0. The number of carbonyl (C=O) groups is 1. The third-order valence-corrected chi connectivity index (χ3v) is 4.50. The maximum atomic E-state index is 12.3. The maximum absolute atomic E-state index is 12.3. The van der Waals surface area contributed by atoms with Crippen LogP contribution in [0.15, 0.2) is 18.2 Å². The summed E-state index contributed by atoms with van der Waals surface area (Å²) in [4.78, 5) is 14.7. The molecule has 0 saturated carbocycles. The lowest BCUT2D eigenvalue weighted by Crippen LogP contribution is -2.39. The van der Waals surface area contributed by atoms with E-state index in [0.717, 1.165) is 56.8 Å². The third kappa shape index (κ3) is 4.82. The first-order chi connectivity index (χ1) is 10.6. The zero-order valence-electron chi connectivity index (χ0n) is 14.0. The quantitative estimate of drug-likeness (QED) is 0.877. The van der Waals surface area contributed by atoms with Crippen molar-refractivity contribution in [2.75, 3.05) is 39.9 Å². The van der Waals surface area contributed by atoms with Crippen LogP contribution in [-0.4, -0.2) is 50.7 Å². The summed E-state index contributed by atoms with van der Waals surface area (Å²) in [6.07, 6.45) is 2.30. The molecule has 0 spiro atoms. The van der Waals surface area contributed by atoms with Crippen LogP contribution in [0, 0.1) is 19.8 Å². The fourth-order valence-corrected chi connectivity index (χ4v) is 3.04. The highest BCUT2D eigenvalue weighted by Crippen LogP contribution is 2.16. The lowest BCUT2D eigenvalue weighted by molar-refractivity contribution is 0.0925. The van der Waals surface area contributed by atoms with Gasteiger partial charge >= 0.3 is 0 Å². The number of nitrogens with zero attached hydrogens (tertiary/aromatic N) is 1. The van der Waals surface area contributed by atoms with E-state index in [-0.39, 0.29) is 5.91 Å². The van der Waals surface area contributed by atoms with E-state index in [0.29, 0.717) is 5.92 Å². The number of rotatable bonds is 6. The fourth-order valence-electron chi connectivity index (χ4n) is 3.04. The largest absolute Gasteiger partial charge is 0.383 e. The summed E-state index contributed by atoms with van der Waals surface area (Å²) in [6.45, 7) is 8.85. The molecule has 0 aliphatic carbocycles. The molecule has 0 radical (unpaired) electrons. The van der Waals surface area contributed by atoms with E-state index < -0.39 is 0 Å². The summed E-state index contributed by atoms with van der Waals surface area (Å²) in [6, 6.07) is 5.98. The van der Waals surface area contributed by atoms with Crippen LogP contribution in [-0.2, 0) is 4.74 Å². The topological polar surface area (TPSA) is 41.6 Å². The molecular weight excluding hydrogens is 276 g/mol. The van der Waals surface area contributed by atoms with Crippen LogP contribution < -0.4 is 5.32 Å². The molecule has 1 N–H and O–H groups in total. The number of amides is 1. The number of carbonyl (C=O) groups excluding carboxylic acids is 1. The Morgan fingerprint density at radius 2 is 2.05 bits per heavy atom. The molecule has 1 aliphatic heterocycles. The molecule has 1 aliphatic rings. The average molecular weight is 304 g/mol. The van der Waals surface area contributed by atoms with Gasteiger partial charge < -0.3 is 15.0 Å². The highest BCUT2D eigenvalue weighted by Gasteiger charge is 2.19. The molecule has 1 heterocycles. The molecule has 4 nitrogen and oxygen atoms in total. The van der Waals surface area contributed by atoms with E-state index in [2.05, 4.69) is 16.3 Å². The van der Waals surface area contributed by atoms with E-state index in [1.165, 1.54) is 5.56 Å². The summed E-state index contributed by atoms with van der Waals surface area (Å²) in [5.41, 5.74) is 3.03. The molecule has 22 heavy (non-hydrogen) atoms. The van der Waals surface area contributed by atoms with Gasteiger partial charge in [0.1, 0.15) is 0 Å². The Labute approximate surface area is 133 Å². The van der Waals surface area contributed by atoms with Gasteiger partial charge in [0, 0.05) is 25.8 Å². The Morgan fingerprint density at radius 3 is 2.68 bits per heavy atom. The second kappa shape index (κ2) is 8.30. The summed E-state index contributed by atoms with van der Waals surface area (Å²) in [5, 5.41) is 3.10. The smallest absolute Gasteiger partial charge is 0.251 e. The zero-order chi connectivity index (χ0) is 15.9. The second-order valence-electron chi connectivity index (χ2n) is 6.31. The molecular formula is C18H28N2O2. The first kappa shape index (κ1) is 17.0. The fraction of sp³-hybridized carbons (Fsp3) is 0.611. The maximum Gasteiger partial charge on any atom is 0.251 e. The number of aryl methyl sites for hydroxylation is 2. The standard InChI is InChI=1S/C18H28N2O2/c1-14-4-5-17(15(2)12-14)18(21)19-13-16-6-8-20(9-7-16)10-11-22-3/h4-5,12,16H,6-11,13H2,1-3H3,(H,19,21). The Bertz CT molecular complexity index is 494. The van der Waals surface area contributed by atoms with E-state index >= 15 is 0 Å². The van der Waals surface area contributed by atoms with Gasteiger partial charge in [0.25, 0.3) is 5.91 Å². The number of likely N-dealkylation sites (tertiary alicyclic amines) is 1. The van der Waals surface area contributed by atoms with Crippen molar-refractivity contribution >= 4 is 5.91 Å². The summed E-state index contributed by atoms with van der Waals surface area (Å²) in [5.74, 6) is 0.646. The number of ether oxygens (including phenoxy) is 1.